The molecule has 0 saturated carbocycles. The molecule has 0 fully saturated rings. The molecule has 1 aromatic heterocycles. The Morgan fingerprint density at radius 3 is 2.57 bits per heavy atom. The van der Waals surface area contributed by atoms with Gasteiger partial charge in [-0.2, -0.15) is 5.26 Å². The number of hydrogen-bond donors (Lipinski definition) is 0. The van der Waals surface area contributed by atoms with E-state index in [9.17, 15) is 5.26 Å². The summed E-state index contributed by atoms with van der Waals surface area (Å²) in [6.45, 7) is 0. The van der Waals surface area contributed by atoms with E-state index in [0.29, 0.717) is 32.8 Å². The zero-order valence-electron chi connectivity index (χ0n) is 11.3. The van der Waals surface area contributed by atoms with E-state index in [1.807, 2.05) is 19.0 Å². The smallest absolute Gasteiger partial charge is 0.209 e. The fourth-order valence-electron chi connectivity index (χ4n) is 1.77. The maximum atomic E-state index is 9.35. The first-order valence-electron chi connectivity index (χ1n) is 5.96. The number of rotatable bonds is 3. The zero-order valence-corrected chi connectivity index (χ0v) is 14.4. The Kier molecular flexibility index (Phi) is 5.00. The number of allylic oxidation sites excluding steroid dienone is 1. The number of halogens is 3. The Morgan fingerprint density at radius 1 is 1.33 bits per heavy atom. The Labute approximate surface area is 141 Å². The van der Waals surface area contributed by atoms with Crippen molar-refractivity contribution in [2.45, 2.75) is 0 Å². The molecule has 2 aromatic rings. The standard InChI is InChI=1S/C15H11BrCl2N2O/c1-20(2)15-13(16)7-11(21-15)5-9(8-19)12-4-3-10(17)6-14(12)18/h3-7H,1-2H3. The predicted octanol–water partition coefficient (Wildman–Crippen LogP) is 5.48. The minimum atomic E-state index is 0.406. The lowest BCUT2D eigenvalue weighted by Crippen LogP contribution is -2.07. The number of benzene rings is 1. The molecule has 6 heteroatoms. The van der Waals surface area contributed by atoms with Crippen LogP contribution in [0.2, 0.25) is 10.0 Å². The van der Waals surface area contributed by atoms with Crippen molar-refractivity contribution in [1.29, 1.82) is 5.26 Å². The minimum Gasteiger partial charge on any atom is -0.440 e. The van der Waals surface area contributed by atoms with E-state index in [0.717, 1.165) is 4.47 Å². The van der Waals surface area contributed by atoms with Crippen molar-refractivity contribution in [2.24, 2.45) is 0 Å². The average molecular weight is 386 g/mol. The number of nitrogens with zero attached hydrogens (tertiary/aromatic N) is 2. The number of anilines is 1. The molecular formula is C15H11BrCl2N2O. The highest BCUT2D eigenvalue weighted by molar-refractivity contribution is 9.10. The van der Waals surface area contributed by atoms with Crippen molar-refractivity contribution in [3.05, 3.63) is 50.1 Å². The van der Waals surface area contributed by atoms with Gasteiger partial charge in [-0.05, 0) is 34.1 Å². The summed E-state index contributed by atoms with van der Waals surface area (Å²) in [4.78, 5) is 1.84. The van der Waals surface area contributed by atoms with Gasteiger partial charge in [-0.15, -0.1) is 0 Å². The van der Waals surface area contributed by atoms with Gasteiger partial charge in [0.1, 0.15) is 5.76 Å². The molecule has 0 bridgehead atoms. The van der Waals surface area contributed by atoms with E-state index >= 15 is 0 Å². The van der Waals surface area contributed by atoms with Gasteiger partial charge in [0.2, 0.25) is 5.88 Å². The van der Waals surface area contributed by atoms with Gasteiger partial charge in [0.15, 0.2) is 0 Å². The molecule has 3 nitrogen and oxygen atoms in total. The molecule has 1 aromatic carbocycles. The molecule has 0 aliphatic rings. The maximum absolute atomic E-state index is 9.35. The van der Waals surface area contributed by atoms with Crippen LogP contribution in [0.3, 0.4) is 0 Å². The van der Waals surface area contributed by atoms with Gasteiger partial charge < -0.3 is 9.32 Å². The first-order chi connectivity index (χ1) is 9.92. The van der Waals surface area contributed by atoms with Gasteiger partial charge >= 0.3 is 0 Å². The molecule has 0 unspecified atom stereocenters. The number of furan rings is 1. The first kappa shape index (κ1) is 16.0. The van der Waals surface area contributed by atoms with E-state index < -0.39 is 0 Å². The molecule has 0 N–H and O–H groups in total. The third-order valence-corrected chi connectivity index (χ3v) is 3.84. The molecule has 0 saturated heterocycles. The minimum absolute atomic E-state index is 0.406. The van der Waals surface area contributed by atoms with Crippen LogP contribution in [0.25, 0.3) is 11.6 Å². The van der Waals surface area contributed by atoms with Crippen LogP contribution in [-0.4, -0.2) is 14.1 Å². The molecule has 108 valence electrons. The van der Waals surface area contributed by atoms with Crippen molar-refractivity contribution in [2.75, 3.05) is 19.0 Å². The SMILES string of the molecule is CN(C)c1oc(C=C(C#N)c2ccc(Cl)cc2Cl)cc1Br. The topological polar surface area (TPSA) is 40.2 Å². The number of hydrogen-bond acceptors (Lipinski definition) is 3. The van der Waals surface area contributed by atoms with E-state index in [1.165, 1.54) is 0 Å². The molecule has 1 heterocycles. The van der Waals surface area contributed by atoms with Gasteiger partial charge in [-0.25, -0.2) is 0 Å². The largest absolute Gasteiger partial charge is 0.440 e. The molecule has 0 aliphatic carbocycles. The summed E-state index contributed by atoms with van der Waals surface area (Å²) in [7, 11) is 3.75. The van der Waals surface area contributed by atoms with E-state index in [-0.39, 0.29) is 0 Å². The summed E-state index contributed by atoms with van der Waals surface area (Å²) < 4.78 is 6.49. The normalized spacial score (nSPS) is 11.3. The second-order valence-electron chi connectivity index (χ2n) is 4.49. The van der Waals surface area contributed by atoms with Crippen molar-refractivity contribution >= 4 is 56.7 Å². The molecule has 21 heavy (non-hydrogen) atoms. The molecule has 0 amide bonds. The average Bonchev–Trinajstić information content (AvgIpc) is 2.78. The van der Waals surface area contributed by atoms with Crippen LogP contribution in [-0.2, 0) is 0 Å². The summed E-state index contributed by atoms with van der Waals surface area (Å²) in [5.41, 5.74) is 1.02. The maximum Gasteiger partial charge on any atom is 0.209 e. The van der Waals surface area contributed by atoms with Crippen molar-refractivity contribution in [3.8, 4) is 6.07 Å². The summed E-state index contributed by atoms with van der Waals surface area (Å²) in [5.74, 6) is 1.24. The van der Waals surface area contributed by atoms with Gasteiger partial charge in [-0.3, -0.25) is 0 Å². The van der Waals surface area contributed by atoms with Crippen molar-refractivity contribution in [1.82, 2.24) is 0 Å². The summed E-state index contributed by atoms with van der Waals surface area (Å²) >= 11 is 15.4. The lowest BCUT2D eigenvalue weighted by atomic mass is 10.1. The highest BCUT2D eigenvalue weighted by atomic mass is 79.9. The Bertz CT molecular complexity index is 745. The van der Waals surface area contributed by atoms with Gasteiger partial charge in [0.05, 0.1) is 21.1 Å². The van der Waals surface area contributed by atoms with Crippen molar-refractivity contribution < 1.29 is 4.42 Å². The van der Waals surface area contributed by atoms with Gasteiger partial charge in [0.25, 0.3) is 0 Å². The summed E-state index contributed by atoms with van der Waals surface area (Å²) in [5, 5.41) is 10.3. The first-order valence-corrected chi connectivity index (χ1v) is 7.51. The lowest BCUT2D eigenvalue weighted by molar-refractivity contribution is 0.554. The second-order valence-corrected chi connectivity index (χ2v) is 6.19. The van der Waals surface area contributed by atoms with Gasteiger partial charge in [0, 0.05) is 30.7 Å². The molecule has 0 radical (unpaired) electrons. The molecule has 0 atom stereocenters. The third-order valence-electron chi connectivity index (χ3n) is 2.72. The Morgan fingerprint density at radius 2 is 2.05 bits per heavy atom. The predicted molar refractivity (Wildman–Crippen MR) is 90.7 cm³/mol. The summed E-state index contributed by atoms with van der Waals surface area (Å²) in [6, 6.07) is 8.94. The highest BCUT2D eigenvalue weighted by Crippen LogP contribution is 2.32. The Balaban J connectivity index is 2.46. The van der Waals surface area contributed by atoms with Crippen LogP contribution in [0.15, 0.2) is 33.2 Å². The lowest BCUT2D eigenvalue weighted by Gasteiger charge is -2.07. The molecule has 2 rings (SSSR count). The molecular weight excluding hydrogens is 375 g/mol. The summed E-state index contributed by atoms with van der Waals surface area (Å²) in [6.07, 6.45) is 1.65. The fourth-order valence-corrected chi connectivity index (χ4v) is 2.94. The monoisotopic (exact) mass is 384 g/mol. The van der Waals surface area contributed by atoms with Crippen LogP contribution in [0.1, 0.15) is 11.3 Å². The van der Waals surface area contributed by atoms with Gasteiger partial charge in [-0.1, -0.05) is 29.3 Å². The van der Waals surface area contributed by atoms with E-state index in [4.69, 9.17) is 27.6 Å². The van der Waals surface area contributed by atoms with Crippen LogP contribution >= 0.6 is 39.1 Å². The fraction of sp³-hybridized carbons (Fsp3) is 0.133. The molecule has 0 aliphatic heterocycles. The number of nitriles is 1. The quantitative estimate of drug-likeness (QED) is 0.656. The van der Waals surface area contributed by atoms with Crippen LogP contribution in [0.4, 0.5) is 5.88 Å². The highest BCUT2D eigenvalue weighted by Gasteiger charge is 2.12. The van der Waals surface area contributed by atoms with Crippen LogP contribution in [0, 0.1) is 11.3 Å². The molecule has 0 spiro atoms. The zero-order chi connectivity index (χ0) is 15.6. The van der Waals surface area contributed by atoms with Crippen LogP contribution in [0.5, 0.6) is 0 Å². The van der Waals surface area contributed by atoms with Crippen LogP contribution < -0.4 is 4.90 Å². The van der Waals surface area contributed by atoms with E-state index in [1.54, 1.807) is 30.3 Å². The third kappa shape index (κ3) is 3.62. The van der Waals surface area contributed by atoms with Crippen molar-refractivity contribution in [3.63, 3.8) is 0 Å². The second kappa shape index (κ2) is 6.57. The Hall–Kier alpha value is -1.41. The van der Waals surface area contributed by atoms with E-state index in [2.05, 4.69) is 22.0 Å².